The van der Waals surface area contributed by atoms with Crippen molar-refractivity contribution in [3.05, 3.63) is 12.1 Å². The molecule has 112 valence electrons. The van der Waals surface area contributed by atoms with Crippen LogP contribution in [0.4, 0.5) is 11.6 Å². The van der Waals surface area contributed by atoms with Crippen molar-refractivity contribution in [2.24, 2.45) is 0 Å². The fourth-order valence-corrected chi connectivity index (χ4v) is 2.78. The van der Waals surface area contributed by atoms with Crippen LogP contribution in [0.5, 0.6) is 0 Å². The third-order valence-corrected chi connectivity index (χ3v) is 4.09. The third-order valence-electron chi connectivity index (χ3n) is 4.09. The van der Waals surface area contributed by atoms with Gasteiger partial charge in [0, 0.05) is 25.7 Å². The van der Waals surface area contributed by atoms with Crippen LogP contribution in [0, 0.1) is 0 Å². The molecule has 2 aliphatic rings. The largest absolute Gasteiger partial charge is 0.382 e. The molecule has 0 radical (unpaired) electrons. The van der Waals surface area contributed by atoms with Gasteiger partial charge in [0.25, 0.3) is 0 Å². The molecule has 1 atom stereocenters. The number of rotatable bonds is 3. The van der Waals surface area contributed by atoms with E-state index in [9.17, 15) is 0 Å². The van der Waals surface area contributed by atoms with Crippen molar-refractivity contribution >= 4 is 25.1 Å². The molecule has 3 heterocycles. The predicted molar refractivity (Wildman–Crippen MR) is 84.4 cm³/mol. The van der Waals surface area contributed by atoms with Crippen molar-refractivity contribution < 1.29 is 4.74 Å². The number of hydrogen-bond donors (Lipinski definition) is 1. The molecule has 2 fully saturated rings. The predicted octanol–water partition coefficient (Wildman–Crippen LogP) is 0.471. The standard InChI is InChI=1S/C13H21N5O.H2S/c1-2-10-7-17(11-8-19-9-11)5-6-18(10)13-4-3-12(14)15-16-13;/h3-4,10-11H,2,5-9H2,1H3,(H2,14,15);1H2/t10-;/m0./s1. The number of hydrogen-bond acceptors (Lipinski definition) is 6. The topological polar surface area (TPSA) is 67.5 Å². The lowest BCUT2D eigenvalue weighted by molar-refractivity contribution is -0.0699. The van der Waals surface area contributed by atoms with Gasteiger partial charge in [-0.2, -0.15) is 13.5 Å². The zero-order valence-electron chi connectivity index (χ0n) is 11.8. The number of piperazine rings is 1. The minimum absolute atomic E-state index is 0. The summed E-state index contributed by atoms with van der Waals surface area (Å²) >= 11 is 0. The molecular weight excluding hydrogens is 274 g/mol. The Hall–Kier alpha value is -1.05. The second-order valence-corrected chi connectivity index (χ2v) is 5.26. The molecule has 1 aromatic rings. The van der Waals surface area contributed by atoms with E-state index < -0.39 is 0 Å². The highest BCUT2D eigenvalue weighted by atomic mass is 32.1. The molecule has 0 aliphatic carbocycles. The Morgan fingerprint density at radius 2 is 2.10 bits per heavy atom. The molecule has 20 heavy (non-hydrogen) atoms. The molecule has 7 heteroatoms. The van der Waals surface area contributed by atoms with Crippen LogP contribution < -0.4 is 10.6 Å². The number of aromatic nitrogens is 2. The maximum absolute atomic E-state index is 5.60. The van der Waals surface area contributed by atoms with Gasteiger partial charge in [0.15, 0.2) is 5.82 Å². The lowest BCUT2D eigenvalue weighted by Crippen LogP contribution is -2.60. The Morgan fingerprint density at radius 1 is 1.30 bits per heavy atom. The average Bonchev–Trinajstić information content (AvgIpc) is 2.38. The van der Waals surface area contributed by atoms with Crippen LogP contribution in [-0.4, -0.2) is 60.0 Å². The SMILES string of the molecule is CC[C@H]1CN(C2COC2)CCN1c1ccc(N)nn1.S. The number of anilines is 2. The van der Waals surface area contributed by atoms with Gasteiger partial charge < -0.3 is 15.4 Å². The summed E-state index contributed by atoms with van der Waals surface area (Å²) in [5.74, 6) is 1.41. The lowest BCUT2D eigenvalue weighted by atomic mass is 10.1. The molecule has 0 aromatic carbocycles. The molecule has 0 unspecified atom stereocenters. The third kappa shape index (κ3) is 2.99. The first-order chi connectivity index (χ1) is 9.28. The molecule has 2 N–H and O–H groups in total. The summed E-state index contributed by atoms with van der Waals surface area (Å²) < 4.78 is 5.29. The van der Waals surface area contributed by atoms with Crippen LogP contribution in [-0.2, 0) is 4.74 Å². The van der Waals surface area contributed by atoms with Crippen molar-refractivity contribution in [3.8, 4) is 0 Å². The average molecular weight is 297 g/mol. The number of ether oxygens (including phenoxy) is 1. The fraction of sp³-hybridized carbons (Fsp3) is 0.692. The maximum atomic E-state index is 5.60. The minimum atomic E-state index is 0. The van der Waals surface area contributed by atoms with Gasteiger partial charge in [-0.25, -0.2) is 0 Å². The summed E-state index contributed by atoms with van der Waals surface area (Å²) in [6.45, 7) is 7.14. The Balaban J connectivity index is 0.00000147. The van der Waals surface area contributed by atoms with Gasteiger partial charge in [0.05, 0.1) is 19.3 Å². The van der Waals surface area contributed by atoms with Gasteiger partial charge in [-0.05, 0) is 18.6 Å². The zero-order valence-corrected chi connectivity index (χ0v) is 12.8. The minimum Gasteiger partial charge on any atom is -0.382 e. The molecular formula is C13H23N5OS. The summed E-state index contributed by atoms with van der Waals surface area (Å²) in [5, 5.41) is 8.17. The zero-order chi connectivity index (χ0) is 13.2. The summed E-state index contributed by atoms with van der Waals surface area (Å²) in [6, 6.07) is 4.90. The van der Waals surface area contributed by atoms with Crippen LogP contribution in [0.2, 0.25) is 0 Å². The maximum Gasteiger partial charge on any atom is 0.151 e. The van der Waals surface area contributed by atoms with Crippen LogP contribution in [0.15, 0.2) is 12.1 Å². The van der Waals surface area contributed by atoms with E-state index in [2.05, 4.69) is 26.9 Å². The number of nitrogens with zero attached hydrogens (tertiary/aromatic N) is 4. The van der Waals surface area contributed by atoms with Crippen molar-refractivity contribution in [2.75, 3.05) is 43.5 Å². The fourth-order valence-electron chi connectivity index (χ4n) is 2.78. The molecule has 0 spiro atoms. The lowest BCUT2D eigenvalue weighted by Gasteiger charge is -2.46. The van der Waals surface area contributed by atoms with E-state index in [1.807, 2.05) is 12.1 Å². The molecule has 2 saturated heterocycles. The van der Waals surface area contributed by atoms with E-state index >= 15 is 0 Å². The van der Waals surface area contributed by atoms with Gasteiger partial charge in [-0.15, -0.1) is 10.2 Å². The molecule has 1 aromatic heterocycles. The molecule has 3 rings (SSSR count). The van der Waals surface area contributed by atoms with E-state index in [0.717, 1.165) is 45.1 Å². The molecule has 0 amide bonds. The second-order valence-electron chi connectivity index (χ2n) is 5.26. The van der Waals surface area contributed by atoms with E-state index in [0.29, 0.717) is 17.9 Å². The smallest absolute Gasteiger partial charge is 0.151 e. The van der Waals surface area contributed by atoms with Crippen LogP contribution >= 0.6 is 13.5 Å². The summed E-state index contributed by atoms with van der Waals surface area (Å²) in [6.07, 6.45) is 1.11. The second kappa shape index (κ2) is 6.60. The Labute approximate surface area is 126 Å². The quantitative estimate of drug-likeness (QED) is 0.875. The highest BCUT2D eigenvalue weighted by molar-refractivity contribution is 7.59. The molecule has 0 saturated carbocycles. The Kier molecular flexibility index (Phi) is 5.06. The molecule has 6 nitrogen and oxygen atoms in total. The summed E-state index contributed by atoms with van der Waals surface area (Å²) in [4.78, 5) is 4.89. The highest BCUT2D eigenvalue weighted by Crippen LogP contribution is 2.23. The Bertz CT molecular complexity index is 425. The van der Waals surface area contributed by atoms with Crippen molar-refractivity contribution in [1.29, 1.82) is 0 Å². The van der Waals surface area contributed by atoms with Crippen molar-refractivity contribution in [3.63, 3.8) is 0 Å². The first-order valence-corrected chi connectivity index (χ1v) is 6.95. The first kappa shape index (κ1) is 15.3. The van der Waals surface area contributed by atoms with Gasteiger partial charge in [0.1, 0.15) is 5.82 Å². The van der Waals surface area contributed by atoms with Crippen LogP contribution in [0.1, 0.15) is 13.3 Å². The summed E-state index contributed by atoms with van der Waals surface area (Å²) in [7, 11) is 0. The molecule has 2 aliphatic heterocycles. The van der Waals surface area contributed by atoms with E-state index in [-0.39, 0.29) is 13.5 Å². The van der Waals surface area contributed by atoms with E-state index in [1.165, 1.54) is 0 Å². The Morgan fingerprint density at radius 3 is 2.65 bits per heavy atom. The van der Waals surface area contributed by atoms with Crippen molar-refractivity contribution in [2.45, 2.75) is 25.4 Å². The number of nitrogen functional groups attached to an aromatic ring is 1. The van der Waals surface area contributed by atoms with Crippen molar-refractivity contribution in [1.82, 2.24) is 15.1 Å². The van der Waals surface area contributed by atoms with E-state index in [1.54, 1.807) is 0 Å². The van der Waals surface area contributed by atoms with Gasteiger partial charge in [-0.3, -0.25) is 4.90 Å². The normalized spacial score (nSPS) is 24.1. The van der Waals surface area contributed by atoms with E-state index in [4.69, 9.17) is 10.5 Å². The highest BCUT2D eigenvalue weighted by Gasteiger charge is 2.33. The van der Waals surface area contributed by atoms with Crippen LogP contribution in [0.3, 0.4) is 0 Å². The van der Waals surface area contributed by atoms with Gasteiger partial charge in [0.2, 0.25) is 0 Å². The monoisotopic (exact) mass is 297 g/mol. The van der Waals surface area contributed by atoms with Crippen LogP contribution in [0.25, 0.3) is 0 Å². The van der Waals surface area contributed by atoms with Gasteiger partial charge in [-0.1, -0.05) is 6.92 Å². The summed E-state index contributed by atoms with van der Waals surface area (Å²) in [5.41, 5.74) is 5.60. The number of nitrogens with two attached hydrogens (primary N) is 1. The van der Waals surface area contributed by atoms with Gasteiger partial charge >= 0.3 is 0 Å². The molecule has 0 bridgehead atoms. The first-order valence-electron chi connectivity index (χ1n) is 6.95.